The Balaban J connectivity index is 2.64. The third-order valence-corrected chi connectivity index (χ3v) is 3.31. The Labute approximate surface area is 121 Å². The van der Waals surface area contributed by atoms with E-state index in [1.165, 1.54) is 6.33 Å². The molecule has 0 radical (unpaired) electrons. The summed E-state index contributed by atoms with van der Waals surface area (Å²) in [5.41, 5.74) is 0.851. The van der Waals surface area contributed by atoms with Gasteiger partial charge in [0.25, 0.3) is 0 Å². The van der Waals surface area contributed by atoms with Crippen molar-refractivity contribution in [1.29, 1.82) is 0 Å². The van der Waals surface area contributed by atoms with E-state index in [1.807, 2.05) is 0 Å². The molecule has 0 spiro atoms. The van der Waals surface area contributed by atoms with Crippen LogP contribution in [-0.4, -0.2) is 54.8 Å². The predicted molar refractivity (Wildman–Crippen MR) is 79.2 cm³/mol. The molecule has 1 heterocycles. The van der Waals surface area contributed by atoms with Gasteiger partial charge in [-0.25, -0.2) is 9.97 Å². The van der Waals surface area contributed by atoms with Gasteiger partial charge in [0, 0.05) is 19.1 Å². The molecule has 0 saturated heterocycles. The molecule has 0 aromatic carbocycles. The molecule has 1 aromatic heterocycles. The van der Waals surface area contributed by atoms with Gasteiger partial charge in [0.1, 0.15) is 6.33 Å². The molecule has 0 aliphatic carbocycles. The lowest BCUT2D eigenvalue weighted by Crippen LogP contribution is -2.38. The zero-order valence-electron chi connectivity index (χ0n) is 13.1. The number of methoxy groups -OCH3 is 2. The highest BCUT2D eigenvalue weighted by atomic mass is 16.5. The van der Waals surface area contributed by atoms with Crippen LogP contribution in [0.2, 0.25) is 0 Å². The number of rotatable bonds is 9. The summed E-state index contributed by atoms with van der Waals surface area (Å²) in [5, 5.41) is 3.47. The zero-order chi connectivity index (χ0) is 15.0. The Kier molecular flexibility index (Phi) is 7.25. The summed E-state index contributed by atoms with van der Waals surface area (Å²) in [7, 11) is 3.20. The van der Waals surface area contributed by atoms with Crippen LogP contribution >= 0.6 is 0 Å². The molecule has 20 heavy (non-hydrogen) atoms. The molecule has 6 heteroatoms. The van der Waals surface area contributed by atoms with Crippen molar-refractivity contribution in [1.82, 2.24) is 20.2 Å². The minimum absolute atomic E-state index is 0.365. The van der Waals surface area contributed by atoms with Crippen LogP contribution in [0.5, 0.6) is 11.8 Å². The number of nitrogens with zero attached hydrogens (tertiary/aromatic N) is 3. The van der Waals surface area contributed by atoms with Crippen LogP contribution in [0.4, 0.5) is 0 Å². The van der Waals surface area contributed by atoms with Gasteiger partial charge in [0.15, 0.2) is 0 Å². The van der Waals surface area contributed by atoms with Crippen LogP contribution < -0.4 is 14.8 Å². The van der Waals surface area contributed by atoms with Crippen LogP contribution in [0.25, 0.3) is 0 Å². The average molecular weight is 282 g/mol. The van der Waals surface area contributed by atoms with Gasteiger partial charge in [-0.15, -0.1) is 0 Å². The molecule has 6 nitrogen and oxygen atoms in total. The normalized spacial score (nSPS) is 12.5. The molecule has 1 atom stereocenters. The van der Waals surface area contributed by atoms with Crippen molar-refractivity contribution in [3.8, 4) is 11.8 Å². The summed E-state index contributed by atoms with van der Waals surface area (Å²) in [5.74, 6) is 1.11. The largest absolute Gasteiger partial charge is 0.481 e. The molecule has 0 bridgehead atoms. The van der Waals surface area contributed by atoms with Gasteiger partial charge in [-0.3, -0.25) is 0 Å². The lowest BCUT2D eigenvalue weighted by Gasteiger charge is -2.23. The van der Waals surface area contributed by atoms with E-state index in [-0.39, 0.29) is 0 Å². The fourth-order valence-corrected chi connectivity index (χ4v) is 2.09. The summed E-state index contributed by atoms with van der Waals surface area (Å²) in [4.78, 5) is 10.6. The molecule has 0 amide bonds. The van der Waals surface area contributed by atoms with Crippen LogP contribution in [-0.2, 0) is 6.54 Å². The maximum absolute atomic E-state index is 5.26. The molecule has 1 rings (SSSR count). The second kappa shape index (κ2) is 8.71. The van der Waals surface area contributed by atoms with Crippen LogP contribution in [0.3, 0.4) is 0 Å². The average Bonchev–Trinajstić information content (AvgIpc) is 2.49. The molecule has 0 fully saturated rings. The molecule has 0 saturated carbocycles. The van der Waals surface area contributed by atoms with Crippen LogP contribution in [0.15, 0.2) is 6.33 Å². The fourth-order valence-electron chi connectivity index (χ4n) is 2.09. The Morgan fingerprint density at radius 3 is 2.15 bits per heavy atom. The Hall–Kier alpha value is -1.40. The van der Waals surface area contributed by atoms with E-state index >= 15 is 0 Å². The van der Waals surface area contributed by atoms with E-state index in [0.29, 0.717) is 24.3 Å². The number of likely N-dealkylation sites (N-methyl/N-ethyl adjacent to an activating group) is 1. The van der Waals surface area contributed by atoms with E-state index in [9.17, 15) is 0 Å². The maximum Gasteiger partial charge on any atom is 0.224 e. The number of hydrogen-bond donors (Lipinski definition) is 1. The van der Waals surface area contributed by atoms with E-state index in [0.717, 1.165) is 25.2 Å². The number of ether oxygens (including phenoxy) is 2. The third kappa shape index (κ3) is 4.61. The molecular weight excluding hydrogens is 256 g/mol. The quantitative estimate of drug-likeness (QED) is 0.737. The lowest BCUT2D eigenvalue weighted by molar-refractivity contribution is 0.269. The van der Waals surface area contributed by atoms with Gasteiger partial charge in [0.2, 0.25) is 11.8 Å². The topological polar surface area (TPSA) is 59.5 Å². The van der Waals surface area contributed by atoms with Crippen LogP contribution in [0, 0.1) is 0 Å². The number of hydrogen-bond acceptors (Lipinski definition) is 6. The van der Waals surface area contributed by atoms with Gasteiger partial charge >= 0.3 is 0 Å². The molecule has 1 aromatic rings. The molecule has 0 aliphatic rings. The smallest absolute Gasteiger partial charge is 0.224 e. The zero-order valence-corrected chi connectivity index (χ0v) is 13.1. The van der Waals surface area contributed by atoms with Gasteiger partial charge in [0.05, 0.1) is 19.8 Å². The highest BCUT2D eigenvalue weighted by molar-refractivity contribution is 5.34. The van der Waals surface area contributed by atoms with Crippen molar-refractivity contribution in [3.05, 3.63) is 11.9 Å². The predicted octanol–water partition coefficient (Wildman–Crippen LogP) is 1.31. The highest BCUT2D eigenvalue weighted by Gasteiger charge is 2.14. The second-order valence-electron chi connectivity index (χ2n) is 4.64. The molecular formula is C14H26N4O2. The number of aromatic nitrogens is 2. The Morgan fingerprint density at radius 1 is 1.15 bits per heavy atom. The van der Waals surface area contributed by atoms with Crippen molar-refractivity contribution in [2.24, 2.45) is 0 Å². The molecule has 114 valence electrons. The first kappa shape index (κ1) is 16.7. The minimum Gasteiger partial charge on any atom is -0.481 e. The second-order valence-corrected chi connectivity index (χ2v) is 4.64. The van der Waals surface area contributed by atoms with Crippen molar-refractivity contribution in [2.45, 2.75) is 33.4 Å². The van der Waals surface area contributed by atoms with Crippen LogP contribution in [0.1, 0.15) is 26.3 Å². The van der Waals surface area contributed by atoms with E-state index in [4.69, 9.17) is 9.47 Å². The third-order valence-electron chi connectivity index (χ3n) is 3.31. The maximum atomic E-state index is 5.26. The van der Waals surface area contributed by atoms with E-state index in [1.54, 1.807) is 14.2 Å². The summed E-state index contributed by atoms with van der Waals surface area (Å²) >= 11 is 0. The first-order valence-electron chi connectivity index (χ1n) is 7.03. The van der Waals surface area contributed by atoms with Crippen molar-refractivity contribution in [2.75, 3.05) is 33.9 Å². The van der Waals surface area contributed by atoms with E-state index < -0.39 is 0 Å². The van der Waals surface area contributed by atoms with Crippen molar-refractivity contribution < 1.29 is 9.47 Å². The summed E-state index contributed by atoms with van der Waals surface area (Å²) in [6, 6.07) is 0.365. The van der Waals surface area contributed by atoms with Crippen molar-refractivity contribution >= 4 is 0 Å². The van der Waals surface area contributed by atoms with Crippen molar-refractivity contribution in [3.63, 3.8) is 0 Å². The standard InChI is InChI=1S/C14H26N4O2/c1-6-18(7-2)9-11(3)15-8-12-13(19-4)16-10-17-14(12)20-5/h10-11,15H,6-9H2,1-5H3. The van der Waals surface area contributed by atoms with Gasteiger partial charge < -0.3 is 19.7 Å². The lowest BCUT2D eigenvalue weighted by atomic mass is 10.2. The Morgan fingerprint density at radius 2 is 1.70 bits per heavy atom. The molecule has 1 N–H and O–H groups in total. The summed E-state index contributed by atoms with van der Waals surface area (Å²) in [6.45, 7) is 10.3. The minimum atomic E-state index is 0.365. The van der Waals surface area contributed by atoms with Gasteiger partial charge in [-0.2, -0.15) is 0 Å². The Bertz CT molecular complexity index is 375. The SMILES string of the molecule is CCN(CC)CC(C)NCc1c(OC)ncnc1OC. The van der Waals surface area contributed by atoms with E-state index in [2.05, 4.69) is 41.0 Å². The summed E-state index contributed by atoms with van der Waals surface area (Å²) in [6.07, 6.45) is 1.44. The van der Waals surface area contributed by atoms with Gasteiger partial charge in [-0.05, 0) is 20.0 Å². The molecule has 1 unspecified atom stereocenters. The summed E-state index contributed by atoms with van der Waals surface area (Å²) < 4.78 is 10.5. The highest BCUT2D eigenvalue weighted by Crippen LogP contribution is 2.22. The van der Waals surface area contributed by atoms with Gasteiger partial charge in [-0.1, -0.05) is 13.8 Å². The fraction of sp³-hybridized carbons (Fsp3) is 0.714. The molecule has 0 aliphatic heterocycles. The first-order valence-corrected chi connectivity index (χ1v) is 7.03. The monoisotopic (exact) mass is 282 g/mol. The first-order chi connectivity index (χ1) is 9.65. The number of nitrogens with one attached hydrogen (secondary N) is 1.